The normalized spacial score (nSPS) is 14.2. The summed E-state index contributed by atoms with van der Waals surface area (Å²) in [7, 11) is 0. The van der Waals surface area contributed by atoms with Crippen LogP contribution in [-0.4, -0.2) is 38.7 Å². The molecule has 0 unspecified atom stereocenters. The van der Waals surface area contributed by atoms with Gasteiger partial charge in [0, 0.05) is 39.0 Å². The number of benzene rings is 3. The van der Waals surface area contributed by atoms with Crippen molar-refractivity contribution in [1.82, 2.24) is 9.47 Å². The summed E-state index contributed by atoms with van der Waals surface area (Å²) in [5.74, 6) is 0.392. The molecule has 0 bridgehead atoms. The lowest BCUT2D eigenvalue weighted by molar-refractivity contribution is -0.384. The molecule has 10 heteroatoms. The van der Waals surface area contributed by atoms with Crippen molar-refractivity contribution >= 4 is 46.4 Å². The maximum Gasteiger partial charge on any atom is 0.293 e. The van der Waals surface area contributed by atoms with Gasteiger partial charge in [-0.05, 0) is 104 Å². The minimum absolute atomic E-state index is 0.0657. The molecule has 3 aromatic carbocycles. The lowest BCUT2D eigenvalue weighted by Crippen LogP contribution is -2.32. The van der Waals surface area contributed by atoms with E-state index in [1.165, 1.54) is 28.8 Å². The lowest BCUT2D eigenvalue weighted by Gasteiger charge is -2.13. The summed E-state index contributed by atoms with van der Waals surface area (Å²) >= 11 is 2.47. The Labute approximate surface area is 246 Å². The zero-order valence-corrected chi connectivity index (χ0v) is 24.3. The highest BCUT2D eigenvalue weighted by molar-refractivity contribution is 8.18. The van der Waals surface area contributed by atoms with E-state index in [1.807, 2.05) is 75.4 Å². The predicted octanol–water partition coefficient (Wildman–Crippen LogP) is 7.58. The molecule has 0 N–H and O–H groups in total. The van der Waals surface area contributed by atoms with Crippen LogP contribution in [0.2, 0.25) is 0 Å². The molecular formula is C31H27N3O5S2. The van der Waals surface area contributed by atoms with Gasteiger partial charge in [0.05, 0.1) is 16.4 Å². The monoisotopic (exact) mass is 585 g/mol. The summed E-state index contributed by atoms with van der Waals surface area (Å²) in [6.07, 6.45) is 1.78. The van der Waals surface area contributed by atoms with Gasteiger partial charge in [0.15, 0.2) is 0 Å². The van der Waals surface area contributed by atoms with E-state index in [0.717, 1.165) is 49.8 Å². The standard InChI is InChI=1S/C31H27N3O5S2/c1-20-5-4-6-26(17-20)39-16-15-32-30(35)29(41-31(32)36)19-23-18-21(2)33(22(23)3)24-7-11-27(12-8-24)40-28-13-9-25(10-14-28)34(37)38/h4-14,17-19H,15-16H2,1-3H3/b29-19-. The highest BCUT2D eigenvalue weighted by atomic mass is 32.2. The Kier molecular flexibility index (Phi) is 8.32. The van der Waals surface area contributed by atoms with E-state index in [0.29, 0.717) is 10.7 Å². The molecule has 8 nitrogen and oxygen atoms in total. The zero-order valence-electron chi connectivity index (χ0n) is 22.7. The third-order valence-corrected chi connectivity index (χ3v) is 8.50. The highest BCUT2D eigenvalue weighted by Gasteiger charge is 2.35. The van der Waals surface area contributed by atoms with Crippen molar-refractivity contribution in [3.05, 3.63) is 116 Å². The number of aryl methyl sites for hydroxylation is 2. The Hall–Kier alpha value is -4.28. The first-order chi connectivity index (χ1) is 19.7. The Morgan fingerprint density at radius 3 is 2.29 bits per heavy atom. The first-order valence-electron chi connectivity index (χ1n) is 12.9. The molecule has 0 aliphatic carbocycles. The molecule has 0 spiro atoms. The van der Waals surface area contributed by atoms with E-state index in [1.54, 1.807) is 18.2 Å². The molecule has 1 aliphatic heterocycles. The fraction of sp³-hybridized carbons (Fsp3) is 0.161. The maximum absolute atomic E-state index is 13.0. The number of imide groups is 1. The lowest BCUT2D eigenvalue weighted by atomic mass is 10.2. The number of nitro groups is 1. The number of rotatable bonds is 9. The number of carbonyl (C=O) groups excluding carboxylic acids is 2. The fourth-order valence-corrected chi connectivity index (χ4v) is 6.23. The van der Waals surface area contributed by atoms with Crippen molar-refractivity contribution in [2.45, 2.75) is 30.6 Å². The van der Waals surface area contributed by atoms with Gasteiger partial charge in [-0.25, -0.2) is 0 Å². The summed E-state index contributed by atoms with van der Waals surface area (Å²) < 4.78 is 7.84. The number of nitro benzene ring substituents is 1. The van der Waals surface area contributed by atoms with Crippen LogP contribution in [0.1, 0.15) is 22.5 Å². The van der Waals surface area contributed by atoms with Gasteiger partial charge in [0.2, 0.25) is 0 Å². The molecular weight excluding hydrogens is 558 g/mol. The van der Waals surface area contributed by atoms with Crippen LogP contribution in [0.25, 0.3) is 11.8 Å². The first-order valence-corrected chi connectivity index (χ1v) is 14.5. The van der Waals surface area contributed by atoms with E-state index in [-0.39, 0.29) is 30.0 Å². The molecule has 2 heterocycles. The number of hydrogen-bond acceptors (Lipinski definition) is 7. The van der Waals surface area contributed by atoms with Crippen molar-refractivity contribution in [2.75, 3.05) is 13.2 Å². The third kappa shape index (κ3) is 6.39. The molecule has 1 saturated heterocycles. The second-order valence-electron chi connectivity index (χ2n) is 9.51. The molecule has 0 saturated carbocycles. The van der Waals surface area contributed by atoms with Crippen LogP contribution < -0.4 is 4.74 Å². The Bertz CT molecular complexity index is 1660. The molecule has 5 rings (SSSR count). The topological polar surface area (TPSA) is 94.7 Å². The molecule has 41 heavy (non-hydrogen) atoms. The fourth-order valence-electron chi connectivity index (χ4n) is 4.56. The van der Waals surface area contributed by atoms with Crippen LogP contribution in [0, 0.1) is 30.9 Å². The van der Waals surface area contributed by atoms with Gasteiger partial charge in [-0.15, -0.1) is 0 Å². The molecule has 208 valence electrons. The average molecular weight is 586 g/mol. The second kappa shape index (κ2) is 12.1. The van der Waals surface area contributed by atoms with Gasteiger partial charge < -0.3 is 9.30 Å². The van der Waals surface area contributed by atoms with Crippen molar-refractivity contribution in [1.29, 1.82) is 0 Å². The van der Waals surface area contributed by atoms with E-state index in [9.17, 15) is 19.7 Å². The quantitative estimate of drug-likeness (QED) is 0.114. The van der Waals surface area contributed by atoms with Gasteiger partial charge in [-0.2, -0.15) is 0 Å². The molecule has 1 aliphatic rings. The van der Waals surface area contributed by atoms with Crippen LogP contribution in [-0.2, 0) is 4.79 Å². The third-order valence-electron chi connectivity index (χ3n) is 6.58. The van der Waals surface area contributed by atoms with E-state index < -0.39 is 4.92 Å². The molecule has 0 radical (unpaired) electrons. The molecule has 1 aromatic heterocycles. The minimum Gasteiger partial charge on any atom is -0.492 e. The van der Waals surface area contributed by atoms with Crippen molar-refractivity contribution in [2.24, 2.45) is 0 Å². The zero-order chi connectivity index (χ0) is 29.1. The largest absolute Gasteiger partial charge is 0.492 e. The van der Waals surface area contributed by atoms with E-state index >= 15 is 0 Å². The van der Waals surface area contributed by atoms with Crippen LogP contribution >= 0.6 is 23.5 Å². The van der Waals surface area contributed by atoms with Crippen molar-refractivity contribution in [3.8, 4) is 11.4 Å². The predicted molar refractivity (Wildman–Crippen MR) is 162 cm³/mol. The Morgan fingerprint density at radius 2 is 1.63 bits per heavy atom. The number of non-ortho nitro benzene ring substituents is 1. The number of ether oxygens (including phenoxy) is 1. The summed E-state index contributed by atoms with van der Waals surface area (Å²) in [6, 6.07) is 24.2. The van der Waals surface area contributed by atoms with Gasteiger partial charge >= 0.3 is 0 Å². The second-order valence-corrected chi connectivity index (χ2v) is 11.6. The number of carbonyl (C=O) groups is 2. The van der Waals surface area contributed by atoms with Crippen LogP contribution in [0.4, 0.5) is 10.5 Å². The van der Waals surface area contributed by atoms with Gasteiger partial charge in [-0.1, -0.05) is 23.9 Å². The first kappa shape index (κ1) is 28.3. The summed E-state index contributed by atoms with van der Waals surface area (Å²) in [4.78, 5) is 39.7. The summed E-state index contributed by atoms with van der Waals surface area (Å²) in [6.45, 7) is 6.36. The van der Waals surface area contributed by atoms with Gasteiger partial charge in [0.1, 0.15) is 12.4 Å². The number of aromatic nitrogens is 1. The van der Waals surface area contributed by atoms with E-state index in [2.05, 4.69) is 4.57 Å². The SMILES string of the molecule is Cc1cccc(OCCN2C(=O)S/C(=C\c3cc(C)n(-c4ccc(Sc5ccc([N+](=O)[O-])cc5)cc4)c3C)C2=O)c1. The van der Waals surface area contributed by atoms with Gasteiger partial charge in [-0.3, -0.25) is 24.6 Å². The van der Waals surface area contributed by atoms with Crippen LogP contribution in [0.3, 0.4) is 0 Å². The average Bonchev–Trinajstić information content (AvgIpc) is 3.38. The molecule has 4 aromatic rings. The number of thioether (sulfide) groups is 1. The van der Waals surface area contributed by atoms with Crippen LogP contribution in [0.5, 0.6) is 5.75 Å². The minimum atomic E-state index is -0.410. The number of hydrogen-bond donors (Lipinski definition) is 0. The Morgan fingerprint density at radius 1 is 0.951 bits per heavy atom. The van der Waals surface area contributed by atoms with Crippen LogP contribution in [0.15, 0.2) is 93.6 Å². The highest BCUT2D eigenvalue weighted by Crippen LogP contribution is 2.34. The molecule has 0 atom stereocenters. The molecule has 2 amide bonds. The number of nitrogens with zero attached hydrogens (tertiary/aromatic N) is 3. The molecule has 1 fully saturated rings. The van der Waals surface area contributed by atoms with Crippen molar-refractivity contribution < 1.29 is 19.2 Å². The number of amides is 2. The van der Waals surface area contributed by atoms with E-state index in [4.69, 9.17) is 4.74 Å². The Balaban J connectivity index is 1.27. The smallest absolute Gasteiger partial charge is 0.293 e. The maximum atomic E-state index is 13.0. The summed E-state index contributed by atoms with van der Waals surface area (Å²) in [5, 5.41) is 10.6. The van der Waals surface area contributed by atoms with Crippen molar-refractivity contribution in [3.63, 3.8) is 0 Å². The van der Waals surface area contributed by atoms with Gasteiger partial charge in [0.25, 0.3) is 16.8 Å². The summed E-state index contributed by atoms with van der Waals surface area (Å²) in [5.41, 5.74) is 4.92.